The lowest BCUT2D eigenvalue weighted by molar-refractivity contribution is 0.248. The normalized spacial score (nSPS) is 12.5. The molecule has 0 aliphatic rings. The molecule has 0 bridgehead atoms. The lowest BCUT2D eigenvalue weighted by Crippen LogP contribution is -2.23. The van der Waals surface area contributed by atoms with Crippen molar-refractivity contribution < 1.29 is 5.11 Å². The predicted octanol–water partition coefficient (Wildman–Crippen LogP) is 2.97. The number of rotatable bonds is 9. The van der Waals surface area contributed by atoms with Gasteiger partial charge in [-0.1, -0.05) is 43.7 Å². The summed E-state index contributed by atoms with van der Waals surface area (Å²) >= 11 is 0. The highest BCUT2D eigenvalue weighted by molar-refractivity contribution is 5.62. The zero-order chi connectivity index (χ0) is 14.9. The van der Waals surface area contributed by atoms with E-state index in [1.165, 1.54) is 5.56 Å². The Labute approximate surface area is 126 Å². The average Bonchev–Trinajstić information content (AvgIpc) is 2.97. The Hall–Kier alpha value is -1.65. The Kier molecular flexibility index (Phi) is 6.44. The Morgan fingerprint density at radius 2 is 2.05 bits per heavy atom. The minimum Gasteiger partial charge on any atom is -0.396 e. The van der Waals surface area contributed by atoms with Gasteiger partial charge >= 0.3 is 0 Å². The molecule has 3 N–H and O–H groups in total. The van der Waals surface area contributed by atoms with Crippen LogP contribution in [0.2, 0.25) is 0 Å². The van der Waals surface area contributed by atoms with Gasteiger partial charge in [-0.3, -0.25) is 5.10 Å². The van der Waals surface area contributed by atoms with E-state index in [9.17, 15) is 0 Å². The third-order valence-electron chi connectivity index (χ3n) is 3.76. The molecule has 21 heavy (non-hydrogen) atoms. The summed E-state index contributed by atoms with van der Waals surface area (Å²) in [6.07, 6.45) is 5.08. The second-order valence-electron chi connectivity index (χ2n) is 5.43. The SMILES string of the molecule is CCCC(CCO)CNCc1cn[nH]c1-c1ccccc1. The standard InChI is InChI=1S/C17H25N3O/c1-2-6-14(9-10-21)11-18-12-16-13-19-20-17(16)15-7-4-3-5-8-15/h3-5,7-8,13-14,18,21H,2,6,9-12H2,1H3,(H,19,20). The number of H-pyrrole nitrogens is 1. The quantitative estimate of drug-likeness (QED) is 0.664. The van der Waals surface area contributed by atoms with Gasteiger partial charge in [-0.2, -0.15) is 5.10 Å². The molecule has 0 spiro atoms. The van der Waals surface area contributed by atoms with Crippen molar-refractivity contribution in [2.24, 2.45) is 5.92 Å². The van der Waals surface area contributed by atoms with Crippen LogP contribution in [0, 0.1) is 5.92 Å². The van der Waals surface area contributed by atoms with Crippen LogP contribution in [-0.2, 0) is 6.54 Å². The molecule has 1 aromatic carbocycles. The van der Waals surface area contributed by atoms with Gasteiger partial charge < -0.3 is 10.4 Å². The molecular formula is C17H25N3O. The van der Waals surface area contributed by atoms with Gasteiger partial charge in [-0.15, -0.1) is 0 Å². The van der Waals surface area contributed by atoms with Gasteiger partial charge in [0.2, 0.25) is 0 Å². The van der Waals surface area contributed by atoms with Crippen molar-refractivity contribution >= 4 is 0 Å². The number of aliphatic hydroxyl groups is 1. The number of aromatic amines is 1. The number of benzene rings is 1. The molecule has 4 heteroatoms. The second kappa shape index (κ2) is 8.60. The minimum atomic E-state index is 0.271. The summed E-state index contributed by atoms with van der Waals surface area (Å²) in [5.41, 5.74) is 3.42. The van der Waals surface area contributed by atoms with Crippen molar-refractivity contribution in [3.05, 3.63) is 42.1 Å². The predicted molar refractivity (Wildman–Crippen MR) is 85.8 cm³/mol. The lowest BCUT2D eigenvalue weighted by Gasteiger charge is -2.15. The van der Waals surface area contributed by atoms with Gasteiger partial charge in [0.25, 0.3) is 0 Å². The van der Waals surface area contributed by atoms with Crippen LogP contribution in [0.5, 0.6) is 0 Å². The lowest BCUT2D eigenvalue weighted by atomic mass is 10.00. The largest absolute Gasteiger partial charge is 0.396 e. The minimum absolute atomic E-state index is 0.271. The summed E-state index contributed by atoms with van der Waals surface area (Å²) in [5, 5.41) is 19.8. The van der Waals surface area contributed by atoms with Gasteiger partial charge in [0.1, 0.15) is 0 Å². The number of hydrogen-bond acceptors (Lipinski definition) is 3. The number of nitrogens with one attached hydrogen (secondary N) is 2. The molecule has 1 atom stereocenters. The molecule has 0 radical (unpaired) electrons. The third-order valence-corrected chi connectivity index (χ3v) is 3.76. The number of aliphatic hydroxyl groups excluding tert-OH is 1. The van der Waals surface area contributed by atoms with Gasteiger partial charge in [-0.25, -0.2) is 0 Å². The maximum atomic E-state index is 9.10. The molecule has 1 heterocycles. The van der Waals surface area contributed by atoms with E-state index in [0.29, 0.717) is 5.92 Å². The van der Waals surface area contributed by atoms with E-state index >= 15 is 0 Å². The first-order chi connectivity index (χ1) is 10.3. The van der Waals surface area contributed by atoms with Crippen LogP contribution in [0.25, 0.3) is 11.3 Å². The molecule has 4 nitrogen and oxygen atoms in total. The zero-order valence-corrected chi connectivity index (χ0v) is 12.7. The summed E-state index contributed by atoms with van der Waals surface area (Å²) in [6, 6.07) is 10.3. The van der Waals surface area contributed by atoms with Crippen molar-refractivity contribution in [1.29, 1.82) is 0 Å². The van der Waals surface area contributed by atoms with E-state index in [1.807, 2.05) is 24.4 Å². The fourth-order valence-electron chi connectivity index (χ4n) is 2.65. The molecule has 2 rings (SSSR count). The van der Waals surface area contributed by atoms with Crippen LogP contribution in [0.4, 0.5) is 0 Å². The molecular weight excluding hydrogens is 262 g/mol. The van der Waals surface area contributed by atoms with Crippen molar-refractivity contribution in [1.82, 2.24) is 15.5 Å². The molecule has 0 aliphatic heterocycles. The van der Waals surface area contributed by atoms with Gasteiger partial charge in [0.05, 0.1) is 11.9 Å². The Morgan fingerprint density at radius 3 is 2.76 bits per heavy atom. The smallest absolute Gasteiger partial charge is 0.0695 e. The van der Waals surface area contributed by atoms with Crippen LogP contribution < -0.4 is 5.32 Å². The van der Waals surface area contributed by atoms with Crippen molar-refractivity contribution in [2.75, 3.05) is 13.2 Å². The number of nitrogens with zero attached hydrogens (tertiary/aromatic N) is 1. The van der Waals surface area contributed by atoms with Crippen molar-refractivity contribution in [3.8, 4) is 11.3 Å². The first kappa shape index (κ1) is 15.7. The number of aromatic nitrogens is 2. The van der Waals surface area contributed by atoms with E-state index in [4.69, 9.17) is 5.11 Å². The van der Waals surface area contributed by atoms with E-state index in [-0.39, 0.29) is 6.61 Å². The van der Waals surface area contributed by atoms with Crippen molar-refractivity contribution in [3.63, 3.8) is 0 Å². The van der Waals surface area contributed by atoms with E-state index in [2.05, 4.69) is 34.6 Å². The fraction of sp³-hybridized carbons (Fsp3) is 0.471. The Bertz CT molecular complexity index is 504. The molecule has 0 aliphatic carbocycles. The molecule has 114 valence electrons. The molecule has 0 amide bonds. The maximum Gasteiger partial charge on any atom is 0.0695 e. The first-order valence-electron chi connectivity index (χ1n) is 7.74. The molecule has 0 fully saturated rings. The van der Waals surface area contributed by atoms with Crippen LogP contribution in [-0.4, -0.2) is 28.5 Å². The van der Waals surface area contributed by atoms with Gasteiger partial charge in [-0.05, 0) is 30.9 Å². The van der Waals surface area contributed by atoms with Crippen LogP contribution in [0.1, 0.15) is 31.7 Å². The first-order valence-corrected chi connectivity index (χ1v) is 7.74. The average molecular weight is 287 g/mol. The molecule has 1 aromatic heterocycles. The van der Waals surface area contributed by atoms with Gasteiger partial charge in [0, 0.05) is 18.7 Å². The third kappa shape index (κ3) is 4.69. The highest BCUT2D eigenvalue weighted by atomic mass is 16.3. The molecule has 0 saturated carbocycles. The summed E-state index contributed by atoms with van der Waals surface area (Å²) in [5.74, 6) is 0.548. The van der Waals surface area contributed by atoms with Crippen LogP contribution in [0.15, 0.2) is 36.5 Å². The Morgan fingerprint density at radius 1 is 1.24 bits per heavy atom. The molecule has 0 saturated heterocycles. The van der Waals surface area contributed by atoms with E-state index in [0.717, 1.165) is 43.6 Å². The van der Waals surface area contributed by atoms with Crippen LogP contribution in [0.3, 0.4) is 0 Å². The van der Waals surface area contributed by atoms with Crippen molar-refractivity contribution in [2.45, 2.75) is 32.7 Å². The number of hydrogen-bond donors (Lipinski definition) is 3. The zero-order valence-electron chi connectivity index (χ0n) is 12.7. The van der Waals surface area contributed by atoms with Gasteiger partial charge in [0.15, 0.2) is 0 Å². The molecule has 2 aromatic rings. The topological polar surface area (TPSA) is 60.9 Å². The Balaban J connectivity index is 1.91. The highest BCUT2D eigenvalue weighted by Gasteiger charge is 2.09. The van der Waals surface area contributed by atoms with Crippen LogP contribution >= 0.6 is 0 Å². The monoisotopic (exact) mass is 287 g/mol. The highest BCUT2D eigenvalue weighted by Crippen LogP contribution is 2.20. The van der Waals surface area contributed by atoms with E-state index < -0.39 is 0 Å². The maximum absolute atomic E-state index is 9.10. The molecule has 1 unspecified atom stereocenters. The summed E-state index contributed by atoms with van der Waals surface area (Å²) < 4.78 is 0. The fourth-order valence-corrected chi connectivity index (χ4v) is 2.65. The van der Waals surface area contributed by atoms with E-state index in [1.54, 1.807) is 0 Å². The second-order valence-corrected chi connectivity index (χ2v) is 5.43. The summed E-state index contributed by atoms with van der Waals surface area (Å²) in [6.45, 7) is 4.20. The summed E-state index contributed by atoms with van der Waals surface area (Å²) in [7, 11) is 0. The summed E-state index contributed by atoms with van der Waals surface area (Å²) in [4.78, 5) is 0.